The molecule has 0 aliphatic heterocycles. The minimum atomic E-state index is 1.08. The highest BCUT2D eigenvalue weighted by atomic mass is 13.8. The average Bonchev–Trinajstić information content (AvgIpc) is 1.87. The first-order valence-corrected chi connectivity index (χ1v) is 3.46. The van der Waals surface area contributed by atoms with Crippen LogP contribution in [0.25, 0.3) is 0 Å². The van der Waals surface area contributed by atoms with Crippen LogP contribution in [0.1, 0.15) is 20.8 Å². The minimum Gasteiger partial charge on any atom is -0.0847 e. The Morgan fingerprint density at radius 1 is 1.30 bits per heavy atom. The molecular formula is C10H15. The Kier molecular flexibility index (Phi) is 4.65. The smallest absolute Gasteiger partial charge is 0.0283 e. The van der Waals surface area contributed by atoms with Gasteiger partial charge in [-0.3, -0.25) is 0 Å². The molecule has 0 fully saturated rings. The van der Waals surface area contributed by atoms with Crippen LogP contribution in [0, 0.1) is 6.92 Å². The Balaban J connectivity index is 3.90. The van der Waals surface area contributed by atoms with Crippen molar-refractivity contribution in [2.24, 2.45) is 0 Å². The minimum absolute atomic E-state index is 1.08. The van der Waals surface area contributed by atoms with Crippen molar-refractivity contribution >= 4 is 0 Å². The molecule has 0 N–H and O–H groups in total. The highest BCUT2D eigenvalue weighted by Gasteiger charge is 1.74. The Morgan fingerprint density at radius 2 is 1.90 bits per heavy atom. The molecule has 0 heterocycles. The van der Waals surface area contributed by atoms with Crippen LogP contribution in [0.4, 0.5) is 0 Å². The maximum atomic E-state index is 3.75. The van der Waals surface area contributed by atoms with Gasteiger partial charge in [0.2, 0.25) is 0 Å². The maximum Gasteiger partial charge on any atom is -0.0283 e. The fourth-order valence-electron chi connectivity index (χ4n) is 0.460. The summed E-state index contributed by atoms with van der Waals surface area (Å²) in [7, 11) is 0. The largest absolute Gasteiger partial charge is 0.0847 e. The predicted molar refractivity (Wildman–Crippen MR) is 47.7 cm³/mol. The van der Waals surface area contributed by atoms with E-state index in [1.165, 1.54) is 5.57 Å². The van der Waals surface area contributed by atoms with E-state index in [-0.39, 0.29) is 0 Å². The van der Waals surface area contributed by atoms with Crippen molar-refractivity contribution in [3.8, 4) is 0 Å². The molecule has 0 bridgehead atoms. The molecule has 0 spiro atoms. The molecule has 0 rings (SSSR count). The quantitative estimate of drug-likeness (QED) is 0.510. The molecule has 0 unspecified atom stereocenters. The summed E-state index contributed by atoms with van der Waals surface area (Å²) in [6.45, 7) is 9.83. The second kappa shape index (κ2) is 5.04. The van der Waals surface area contributed by atoms with Crippen molar-refractivity contribution in [3.05, 3.63) is 42.4 Å². The Bertz CT molecular complexity index is 164. The summed E-state index contributed by atoms with van der Waals surface area (Å²) in [4.78, 5) is 0. The van der Waals surface area contributed by atoms with Crippen molar-refractivity contribution in [2.75, 3.05) is 0 Å². The van der Waals surface area contributed by atoms with Gasteiger partial charge in [0.25, 0.3) is 0 Å². The van der Waals surface area contributed by atoms with E-state index in [1.807, 2.05) is 26.0 Å². The lowest BCUT2D eigenvalue weighted by Gasteiger charge is -1.85. The van der Waals surface area contributed by atoms with Crippen molar-refractivity contribution < 1.29 is 0 Å². The fourth-order valence-corrected chi connectivity index (χ4v) is 0.460. The molecule has 0 nitrogen and oxygen atoms in total. The summed E-state index contributed by atoms with van der Waals surface area (Å²) in [5.74, 6) is 0. The number of allylic oxidation sites excluding steroid dienone is 6. The van der Waals surface area contributed by atoms with Gasteiger partial charge in [-0.2, -0.15) is 0 Å². The zero-order chi connectivity index (χ0) is 7.98. The van der Waals surface area contributed by atoms with Crippen molar-refractivity contribution in [2.45, 2.75) is 20.8 Å². The molecule has 0 aliphatic carbocycles. The zero-order valence-corrected chi connectivity index (χ0v) is 7.02. The monoisotopic (exact) mass is 135 g/mol. The SMILES string of the molecule is [CH2]/C(C)=C/C=C/C(C)=C/C. The summed E-state index contributed by atoms with van der Waals surface area (Å²) in [5.41, 5.74) is 2.36. The normalized spacial score (nSPS) is 14.8. The summed E-state index contributed by atoms with van der Waals surface area (Å²) in [6.07, 6.45) is 8.14. The first-order chi connectivity index (χ1) is 4.66. The highest BCUT2D eigenvalue weighted by Crippen LogP contribution is 1.95. The number of rotatable bonds is 2. The van der Waals surface area contributed by atoms with Gasteiger partial charge >= 0.3 is 0 Å². The maximum absolute atomic E-state index is 3.75. The van der Waals surface area contributed by atoms with Gasteiger partial charge in [0, 0.05) is 0 Å². The molecule has 0 saturated heterocycles. The van der Waals surface area contributed by atoms with Crippen molar-refractivity contribution in [1.29, 1.82) is 0 Å². The van der Waals surface area contributed by atoms with E-state index in [1.54, 1.807) is 0 Å². The topological polar surface area (TPSA) is 0 Å². The van der Waals surface area contributed by atoms with Crippen molar-refractivity contribution in [3.63, 3.8) is 0 Å². The van der Waals surface area contributed by atoms with E-state index in [0.717, 1.165) is 5.57 Å². The van der Waals surface area contributed by atoms with Gasteiger partial charge in [-0.25, -0.2) is 0 Å². The van der Waals surface area contributed by atoms with Crippen LogP contribution in [0.5, 0.6) is 0 Å². The molecule has 10 heavy (non-hydrogen) atoms. The molecule has 1 radical (unpaired) electrons. The lowest BCUT2D eigenvalue weighted by atomic mass is 10.2. The molecule has 0 aromatic carbocycles. The number of hydrogen-bond donors (Lipinski definition) is 0. The molecule has 0 aromatic rings. The van der Waals surface area contributed by atoms with Crippen molar-refractivity contribution in [1.82, 2.24) is 0 Å². The standard InChI is InChI=1S/C10H15/c1-5-10(4)8-6-7-9(2)3/h5-8H,2H2,1,3-4H3/b8-6+,9-7-,10-5+. The van der Waals surface area contributed by atoms with Crippen LogP contribution in [0.15, 0.2) is 35.5 Å². The predicted octanol–water partition coefficient (Wildman–Crippen LogP) is 3.29. The highest BCUT2D eigenvalue weighted by molar-refractivity contribution is 5.21. The molecular weight excluding hydrogens is 120 g/mol. The van der Waals surface area contributed by atoms with Gasteiger partial charge in [-0.05, 0) is 27.7 Å². The van der Waals surface area contributed by atoms with E-state index < -0.39 is 0 Å². The third-order valence-electron chi connectivity index (χ3n) is 1.20. The third kappa shape index (κ3) is 5.36. The second-order valence-electron chi connectivity index (χ2n) is 2.40. The number of hydrogen-bond acceptors (Lipinski definition) is 0. The molecule has 0 aliphatic rings. The van der Waals surface area contributed by atoms with Crippen LogP contribution < -0.4 is 0 Å². The van der Waals surface area contributed by atoms with Crippen LogP contribution in [0.3, 0.4) is 0 Å². The first-order valence-electron chi connectivity index (χ1n) is 3.46. The summed E-state index contributed by atoms with van der Waals surface area (Å²) >= 11 is 0. The molecule has 0 saturated carbocycles. The van der Waals surface area contributed by atoms with E-state index >= 15 is 0 Å². The summed E-state index contributed by atoms with van der Waals surface area (Å²) in [5, 5.41) is 0. The van der Waals surface area contributed by atoms with Crippen LogP contribution in [0.2, 0.25) is 0 Å². The third-order valence-corrected chi connectivity index (χ3v) is 1.20. The molecule has 0 amide bonds. The van der Waals surface area contributed by atoms with Crippen LogP contribution >= 0.6 is 0 Å². The van der Waals surface area contributed by atoms with E-state index in [9.17, 15) is 0 Å². The van der Waals surface area contributed by atoms with E-state index in [0.29, 0.717) is 0 Å². The van der Waals surface area contributed by atoms with Crippen LogP contribution in [-0.2, 0) is 0 Å². The van der Waals surface area contributed by atoms with Gasteiger partial charge in [-0.15, -0.1) is 0 Å². The van der Waals surface area contributed by atoms with Crippen LogP contribution in [-0.4, -0.2) is 0 Å². The lowest BCUT2D eigenvalue weighted by Crippen LogP contribution is -1.64. The van der Waals surface area contributed by atoms with Gasteiger partial charge in [0.1, 0.15) is 0 Å². The summed E-state index contributed by atoms with van der Waals surface area (Å²) in [6, 6.07) is 0. The molecule has 55 valence electrons. The summed E-state index contributed by atoms with van der Waals surface area (Å²) < 4.78 is 0. The molecule has 0 aromatic heterocycles. The molecule has 0 heteroatoms. The second-order valence-corrected chi connectivity index (χ2v) is 2.40. The van der Waals surface area contributed by atoms with E-state index in [2.05, 4.69) is 26.0 Å². The van der Waals surface area contributed by atoms with Gasteiger partial charge in [0.15, 0.2) is 0 Å². The Hall–Kier alpha value is -0.780. The lowest BCUT2D eigenvalue weighted by molar-refractivity contribution is 1.47. The van der Waals surface area contributed by atoms with Gasteiger partial charge in [-0.1, -0.05) is 35.5 Å². The Labute approximate surface area is 64.0 Å². The van der Waals surface area contributed by atoms with E-state index in [4.69, 9.17) is 0 Å². The van der Waals surface area contributed by atoms with Gasteiger partial charge in [0.05, 0.1) is 0 Å². The Morgan fingerprint density at radius 3 is 2.30 bits per heavy atom. The first kappa shape index (κ1) is 9.22. The van der Waals surface area contributed by atoms with Gasteiger partial charge < -0.3 is 0 Å². The molecule has 0 atom stereocenters. The average molecular weight is 135 g/mol. The zero-order valence-electron chi connectivity index (χ0n) is 7.02. The fraction of sp³-hybridized carbons (Fsp3) is 0.300.